The Labute approximate surface area is 94.6 Å². The highest BCUT2D eigenvalue weighted by atomic mass is 35.5. The van der Waals surface area contributed by atoms with Gasteiger partial charge in [0.2, 0.25) is 0 Å². The molecule has 0 spiro atoms. The first-order valence-corrected chi connectivity index (χ1v) is 5.04. The molecule has 1 rings (SSSR count). The van der Waals surface area contributed by atoms with E-state index in [2.05, 4.69) is 0 Å². The number of aliphatic hydroxyl groups excluding tert-OH is 1. The van der Waals surface area contributed by atoms with Crippen LogP contribution in [0.5, 0.6) is 11.5 Å². The number of methoxy groups -OCH3 is 2. The molecular weight excluding hydrogens is 216 g/mol. The van der Waals surface area contributed by atoms with E-state index < -0.39 is 0 Å². The fraction of sp³-hybridized carbons (Fsp3) is 0.455. The summed E-state index contributed by atoms with van der Waals surface area (Å²) in [6.45, 7) is 1.90. The number of rotatable bonds is 4. The predicted octanol–water partition coefficient (Wildman–Crippen LogP) is 2.45. The molecule has 0 bridgehead atoms. The molecule has 1 N–H and O–H groups in total. The molecule has 0 saturated heterocycles. The number of aliphatic hydroxyl groups is 1. The van der Waals surface area contributed by atoms with Crippen molar-refractivity contribution in [2.24, 2.45) is 0 Å². The fourth-order valence-electron chi connectivity index (χ4n) is 1.48. The molecule has 1 aromatic carbocycles. The molecule has 1 aromatic rings. The average Bonchev–Trinajstić information content (AvgIpc) is 2.27. The van der Waals surface area contributed by atoms with Crippen LogP contribution in [0.1, 0.15) is 18.4 Å². The molecule has 0 fully saturated rings. The molecule has 84 valence electrons. The van der Waals surface area contributed by atoms with Crippen molar-refractivity contribution in [2.45, 2.75) is 12.8 Å². The second-order valence-corrected chi connectivity index (χ2v) is 3.69. The van der Waals surface area contributed by atoms with Gasteiger partial charge in [0.25, 0.3) is 0 Å². The maximum absolute atomic E-state index is 9.14. The van der Waals surface area contributed by atoms with E-state index in [0.717, 1.165) is 5.56 Å². The smallest absolute Gasteiger partial charge is 0.165 e. The summed E-state index contributed by atoms with van der Waals surface area (Å²) in [4.78, 5) is 0. The zero-order valence-corrected chi connectivity index (χ0v) is 9.84. The number of halogens is 1. The van der Waals surface area contributed by atoms with Gasteiger partial charge in [-0.25, -0.2) is 0 Å². The highest BCUT2D eigenvalue weighted by Crippen LogP contribution is 2.39. The molecule has 0 aliphatic rings. The quantitative estimate of drug-likeness (QED) is 0.864. The van der Waals surface area contributed by atoms with Gasteiger partial charge < -0.3 is 14.6 Å². The van der Waals surface area contributed by atoms with E-state index in [1.54, 1.807) is 26.4 Å². The highest BCUT2D eigenvalue weighted by molar-refractivity contribution is 6.31. The Morgan fingerprint density at radius 3 is 2.47 bits per heavy atom. The van der Waals surface area contributed by atoms with Crippen LogP contribution in [0, 0.1) is 0 Å². The molecule has 0 heterocycles. The standard InChI is InChI=1S/C11H15ClO3/c1-7(6-13)10-8(12)4-5-9(14-2)11(10)15-3/h4-5,7,13H,6H2,1-3H3. The summed E-state index contributed by atoms with van der Waals surface area (Å²) in [6.07, 6.45) is 0. The van der Waals surface area contributed by atoms with Crippen molar-refractivity contribution in [1.29, 1.82) is 0 Å². The van der Waals surface area contributed by atoms with Crippen LogP contribution in [0.4, 0.5) is 0 Å². The Balaban J connectivity index is 3.31. The number of benzene rings is 1. The lowest BCUT2D eigenvalue weighted by atomic mass is 10.0. The SMILES string of the molecule is COc1ccc(Cl)c(C(C)CO)c1OC. The summed E-state index contributed by atoms with van der Waals surface area (Å²) >= 11 is 6.06. The Morgan fingerprint density at radius 1 is 1.33 bits per heavy atom. The van der Waals surface area contributed by atoms with Gasteiger partial charge >= 0.3 is 0 Å². The second kappa shape index (κ2) is 5.24. The van der Waals surface area contributed by atoms with E-state index >= 15 is 0 Å². The Kier molecular flexibility index (Phi) is 4.24. The molecule has 1 atom stereocenters. The maximum Gasteiger partial charge on any atom is 0.165 e. The van der Waals surface area contributed by atoms with Crippen LogP contribution in [0.15, 0.2) is 12.1 Å². The molecule has 0 aromatic heterocycles. The maximum atomic E-state index is 9.14. The van der Waals surface area contributed by atoms with Gasteiger partial charge in [0.1, 0.15) is 0 Å². The van der Waals surface area contributed by atoms with Gasteiger partial charge in [0.05, 0.1) is 14.2 Å². The molecule has 0 saturated carbocycles. The fourth-order valence-corrected chi connectivity index (χ4v) is 1.81. The monoisotopic (exact) mass is 230 g/mol. The zero-order chi connectivity index (χ0) is 11.4. The number of hydrogen-bond donors (Lipinski definition) is 1. The van der Waals surface area contributed by atoms with Crippen LogP contribution < -0.4 is 9.47 Å². The molecule has 0 aliphatic carbocycles. The van der Waals surface area contributed by atoms with Crippen molar-refractivity contribution in [3.63, 3.8) is 0 Å². The highest BCUT2D eigenvalue weighted by Gasteiger charge is 2.18. The minimum absolute atomic E-state index is 0.0171. The van der Waals surface area contributed by atoms with Crippen molar-refractivity contribution < 1.29 is 14.6 Å². The van der Waals surface area contributed by atoms with Crippen LogP contribution in [-0.4, -0.2) is 25.9 Å². The van der Waals surface area contributed by atoms with Crippen molar-refractivity contribution in [1.82, 2.24) is 0 Å². The lowest BCUT2D eigenvalue weighted by molar-refractivity contribution is 0.268. The van der Waals surface area contributed by atoms with Gasteiger partial charge in [-0.15, -0.1) is 0 Å². The lowest BCUT2D eigenvalue weighted by Crippen LogP contribution is -2.04. The van der Waals surface area contributed by atoms with E-state index in [9.17, 15) is 0 Å². The van der Waals surface area contributed by atoms with Crippen molar-refractivity contribution in [2.75, 3.05) is 20.8 Å². The molecule has 1 unspecified atom stereocenters. The third-order valence-electron chi connectivity index (χ3n) is 2.30. The van der Waals surface area contributed by atoms with Gasteiger partial charge in [-0.05, 0) is 12.1 Å². The average molecular weight is 231 g/mol. The summed E-state index contributed by atoms with van der Waals surface area (Å²) in [5, 5.41) is 9.72. The molecular formula is C11H15ClO3. The van der Waals surface area contributed by atoms with Gasteiger partial charge in [0, 0.05) is 23.1 Å². The minimum atomic E-state index is -0.0810. The molecule has 3 nitrogen and oxygen atoms in total. The Morgan fingerprint density at radius 2 is 2.00 bits per heavy atom. The van der Waals surface area contributed by atoms with Crippen LogP contribution in [-0.2, 0) is 0 Å². The first kappa shape index (κ1) is 12.1. The normalized spacial score (nSPS) is 12.3. The van der Waals surface area contributed by atoms with E-state index in [1.807, 2.05) is 6.92 Å². The second-order valence-electron chi connectivity index (χ2n) is 3.28. The van der Waals surface area contributed by atoms with Gasteiger partial charge in [-0.1, -0.05) is 18.5 Å². The topological polar surface area (TPSA) is 38.7 Å². The Bertz CT molecular complexity index is 339. The minimum Gasteiger partial charge on any atom is -0.493 e. The van der Waals surface area contributed by atoms with E-state index in [0.29, 0.717) is 16.5 Å². The first-order chi connectivity index (χ1) is 7.15. The van der Waals surface area contributed by atoms with E-state index in [-0.39, 0.29) is 12.5 Å². The summed E-state index contributed by atoms with van der Waals surface area (Å²) in [5.41, 5.74) is 0.779. The summed E-state index contributed by atoms with van der Waals surface area (Å²) in [7, 11) is 3.13. The largest absolute Gasteiger partial charge is 0.493 e. The molecule has 0 amide bonds. The predicted molar refractivity (Wildman–Crippen MR) is 60.1 cm³/mol. The summed E-state index contributed by atoms with van der Waals surface area (Å²) in [6, 6.07) is 3.49. The number of ether oxygens (including phenoxy) is 2. The summed E-state index contributed by atoms with van der Waals surface area (Å²) < 4.78 is 10.4. The third kappa shape index (κ3) is 2.36. The van der Waals surface area contributed by atoms with Gasteiger partial charge in [0.15, 0.2) is 11.5 Å². The third-order valence-corrected chi connectivity index (χ3v) is 2.63. The molecule has 0 radical (unpaired) electrons. The Hall–Kier alpha value is -0.930. The first-order valence-electron chi connectivity index (χ1n) is 4.66. The van der Waals surface area contributed by atoms with Crippen LogP contribution in [0.3, 0.4) is 0 Å². The van der Waals surface area contributed by atoms with Crippen molar-refractivity contribution in [3.8, 4) is 11.5 Å². The van der Waals surface area contributed by atoms with Gasteiger partial charge in [-0.3, -0.25) is 0 Å². The van der Waals surface area contributed by atoms with Crippen LogP contribution >= 0.6 is 11.6 Å². The van der Waals surface area contributed by atoms with Crippen LogP contribution in [0.2, 0.25) is 5.02 Å². The number of hydrogen-bond acceptors (Lipinski definition) is 3. The molecule has 0 aliphatic heterocycles. The zero-order valence-electron chi connectivity index (χ0n) is 9.08. The molecule has 4 heteroatoms. The lowest BCUT2D eigenvalue weighted by Gasteiger charge is -2.17. The summed E-state index contributed by atoms with van der Waals surface area (Å²) in [5.74, 6) is 1.13. The van der Waals surface area contributed by atoms with Crippen molar-refractivity contribution in [3.05, 3.63) is 22.7 Å². The van der Waals surface area contributed by atoms with Crippen LogP contribution in [0.25, 0.3) is 0 Å². The molecule has 15 heavy (non-hydrogen) atoms. The van der Waals surface area contributed by atoms with E-state index in [1.165, 1.54) is 0 Å². The van der Waals surface area contributed by atoms with Crippen molar-refractivity contribution >= 4 is 11.6 Å². The van der Waals surface area contributed by atoms with Gasteiger partial charge in [-0.2, -0.15) is 0 Å². The van der Waals surface area contributed by atoms with E-state index in [4.69, 9.17) is 26.2 Å².